The van der Waals surface area contributed by atoms with Crippen LogP contribution in [0.15, 0.2) is 0 Å². The number of hydrogen-bond donors (Lipinski definition) is 1. The van der Waals surface area contributed by atoms with Crippen LogP contribution in [0.25, 0.3) is 0 Å². The molecule has 0 aliphatic rings. The summed E-state index contributed by atoms with van der Waals surface area (Å²) < 4.78 is 0. The third-order valence-electron chi connectivity index (χ3n) is 1.31. The maximum atomic E-state index is 9.11. The van der Waals surface area contributed by atoms with E-state index in [2.05, 4.69) is 19.6 Å². The van der Waals surface area contributed by atoms with Crippen molar-refractivity contribution in [2.75, 3.05) is 0 Å². The molecule has 1 N–H and O–H groups in total. The van der Waals surface area contributed by atoms with Gasteiger partial charge in [0.05, 0.1) is 0 Å². The highest BCUT2D eigenvalue weighted by atomic mass is 29.2. The second-order valence-electron chi connectivity index (χ2n) is 3.95. The van der Waals surface area contributed by atoms with Crippen molar-refractivity contribution < 1.29 is 4.80 Å². The minimum absolute atomic E-state index is 0.153. The summed E-state index contributed by atoms with van der Waals surface area (Å²) in [7, 11) is -1.73. The summed E-state index contributed by atoms with van der Waals surface area (Å²) in [5.41, 5.74) is 1.26. The Hall–Kier alpha value is 0.611. The largest absolute Gasteiger partial charge is 0.435 e. The molecular weight excluding hydrogens is 160 g/mol. The van der Waals surface area contributed by atoms with E-state index in [-0.39, 0.29) is 9.04 Å². The molecule has 1 atom stereocenters. The summed E-state index contributed by atoms with van der Waals surface area (Å²) in [6.45, 7) is 9.27. The standard InChI is InChI=1S/C5H18OSi3/c1-8(6)5-7-9(2,3)4/h6,8H,5,7H2,1-4H3. The van der Waals surface area contributed by atoms with Crippen LogP contribution in [0, 0.1) is 0 Å². The molecule has 0 heterocycles. The van der Waals surface area contributed by atoms with Crippen molar-refractivity contribution in [3.05, 3.63) is 0 Å². The van der Waals surface area contributed by atoms with Gasteiger partial charge in [0.25, 0.3) is 0 Å². The van der Waals surface area contributed by atoms with Gasteiger partial charge in [0.2, 0.25) is 0 Å². The van der Waals surface area contributed by atoms with Crippen molar-refractivity contribution in [3.63, 3.8) is 0 Å². The Labute approximate surface area is 62.8 Å². The third-order valence-corrected chi connectivity index (χ3v) is 14.4. The Balaban J connectivity index is 3.28. The van der Waals surface area contributed by atoms with Crippen molar-refractivity contribution in [1.29, 1.82) is 0 Å². The molecule has 0 bridgehead atoms. The minimum atomic E-state index is -1.17. The van der Waals surface area contributed by atoms with Crippen LogP contribution in [0.4, 0.5) is 0 Å². The maximum absolute atomic E-state index is 9.11. The molecule has 0 amide bonds. The molecular formula is C5H18OSi3. The van der Waals surface area contributed by atoms with E-state index in [0.717, 1.165) is 0 Å². The SMILES string of the molecule is C[SiH](O)C[SiH2][Si](C)(C)C. The molecule has 0 aliphatic carbocycles. The van der Waals surface area contributed by atoms with Crippen LogP contribution in [-0.4, -0.2) is 30.5 Å². The van der Waals surface area contributed by atoms with Crippen LogP contribution in [0.1, 0.15) is 0 Å². The van der Waals surface area contributed by atoms with Gasteiger partial charge in [0, 0.05) is 16.6 Å². The molecule has 0 saturated heterocycles. The zero-order chi connectivity index (χ0) is 7.49. The average molecular weight is 178 g/mol. The first-order valence-electron chi connectivity index (χ1n) is 3.60. The van der Waals surface area contributed by atoms with E-state index in [4.69, 9.17) is 4.80 Å². The van der Waals surface area contributed by atoms with Crippen molar-refractivity contribution >= 4 is 25.7 Å². The van der Waals surface area contributed by atoms with Gasteiger partial charge in [0.1, 0.15) is 0 Å². The topological polar surface area (TPSA) is 20.2 Å². The lowest BCUT2D eigenvalue weighted by atomic mass is 11.8. The monoisotopic (exact) mass is 178 g/mol. The predicted octanol–water partition coefficient (Wildman–Crippen LogP) is 0.293. The van der Waals surface area contributed by atoms with Gasteiger partial charge in [-0.25, -0.2) is 0 Å². The zero-order valence-corrected chi connectivity index (χ0v) is 10.5. The molecule has 0 radical (unpaired) electrons. The lowest BCUT2D eigenvalue weighted by Gasteiger charge is -2.14. The van der Waals surface area contributed by atoms with E-state index in [1.165, 1.54) is 5.67 Å². The summed E-state index contributed by atoms with van der Waals surface area (Å²) in [6, 6.07) is 0. The first kappa shape index (κ1) is 9.61. The summed E-state index contributed by atoms with van der Waals surface area (Å²) >= 11 is 0. The van der Waals surface area contributed by atoms with E-state index < -0.39 is 16.6 Å². The molecule has 56 valence electrons. The Morgan fingerprint density at radius 2 is 1.89 bits per heavy atom. The van der Waals surface area contributed by atoms with Crippen molar-refractivity contribution in [2.24, 2.45) is 0 Å². The van der Waals surface area contributed by atoms with Gasteiger partial charge >= 0.3 is 0 Å². The summed E-state index contributed by atoms with van der Waals surface area (Å²) in [6.07, 6.45) is 0. The Morgan fingerprint density at radius 1 is 1.44 bits per heavy atom. The third kappa shape index (κ3) is 8.61. The van der Waals surface area contributed by atoms with Crippen LogP contribution in [0.3, 0.4) is 0 Å². The first-order valence-corrected chi connectivity index (χ1v) is 12.9. The van der Waals surface area contributed by atoms with Crippen molar-refractivity contribution in [1.82, 2.24) is 0 Å². The summed E-state index contributed by atoms with van der Waals surface area (Å²) in [5, 5.41) is 0. The van der Waals surface area contributed by atoms with Crippen LogP contribution < -0.4 is 0 Å². The maximum Gasteiger partial charge on any atom is 0.166 e. The van der Waals surface area contributed by atoms with Crippen molar-refractivity contribution in [3.8, 4) is 0 Å². The van der Waals surface area contributed by atoms with E-state index in [1.54, 1.807) is 0 Å². The van der Waals surface area contributed by atoms with Gasteiger partial charge < -0.3 is 4.80 Å². The molecule has 0 rings (SSSR count). The van der Waals surface area contributed by atoms with Crippen LogP contribution in [-0.2, 0) is 0 Å². The second-order valence-corrected chi connectivity index (χ2v) is 21.4. The Morgan fingerprint density at radius 3 is 2.00 bits per heavy atom. The molecule has 0 aromatic heterocycles. The Kier molecular flexibility index (Phi) is 3.95. The molecule has 1 nitrogen and oxygen atoms in total. The fourth-order valence-electron chi connectivity index (χ4n) is 0.642. The number of hydrogen-bond acceptors (Lipinski definition) is 1. The molecule has 0 aromatic rings. The lowest BCUT2D eigenvalue weighted by Crippen LogP contribution is -2.32. The molecule has 4 heteroatoms. The lowest BCUT2D eigenvalue weighted by molar-refractivity contribution is 0.584. The van der Waals surface area contributed by atoms with E-state index in [1.807, 2.05) is 6.55 Å². The first-order chi connectivity index (χ1) is 3.92. The van der Waals surface area contributed by atoms with Gasteiger partial charge in [-0.15, -0.1) is 0 Å². The zero-order valence-electron chi connectivity index (χ0n) is 6.94. The van der Waals surface area contributed by atoms with Crippen LogP contribution in [0.5, 0.6) is 0 Å². The molecule has 1 unspecified atom stereocenters. The minimum Gasteiger partial charge on any atom is -0.435 e. The molecule has 0 fully saturated rings. The van der Waals surface area contributed by atoms with E-state index in [0.29, 0.717) is 0 Å². The molecule has 0 spiro atoms. The van der Waals surface area contributed by atoms with Gasteiger partial charge in [-0.05, 0) is 12.2 Å². The summed E-state index contributed by atoms with van der Waals surface area (Å²) in [4.78, 5) is 9.11. The summed E-state index contributed by atoms with van der Waals surface area (Å²) in [5.74, 6) is 0. The van der Waals surface area contributed by atoms with Gasteiger partial charge in [-0.2, -0.15) is 0 Å². The van der Waals surface area contributed by atoms with Gasteiger partial charge in [-0.1, -0.05) is 19.6 Å². The normalized spacial score (nSPS) is 17.0. The highest BCUT2D eigenvalue weighted by Gasteiger charge is 2.14. The average Bonchev–Trinajstić information content (AvgIpc) is 1.59. The van der Waals surface area contributed by atoms with E-state index >= 15 is 0 Å². The molecule has 0 aliphatic heterocycles. The fourth-order valence-corrected chi connectivity index (χ4v) is 17.3. The van der Waals surface area contributed by atoms with Gasteiger partial charge in [-0.3, -0.25) is 0 Å². The Bertz CT molecular complexity index is 76.8. The fraction of sp³-hybridized carbons (Fsp3) is 1.00. The highest BCUT2D eigenvalue weighted by Crippen LogP contribution is 2.00. The smallest absolute Gasteiger partial charge is 0.166 e. The van der Waals surface area contributed by atoms with E-state index in [9.17, 15) is 0 Å². The predicted molar refractivity (Wildman–Crippen MR) is 51.9 cm³/mol. The second kappa shape index (κ2) is 3.70. The quantitative estimate of drug-likeness (QED) is 0.616. The van der Waals surface area contributed by atoms with Crippen molar-refractivity contribution in [2.45, 2.75) is 31.9 Å². The molecule has 0 aromatic carbocycles. The van der Waals surface area contributed by atoms with Crippen LogP contribution in [0.2, 0.25) is 31.9 Å². The number of rotatable bonds is 3. The van der Waals surface area contributed by atoms with Crippen LogP contribution >= 0.6 is 0 Å². The molecule has 0 saturated carbocycles. The molecule has 9 heavy (non-hydrogen) atoms. The van der Waals surface area contributed by atoms with Gasteiger partial charge in [0.15, 0.2) is 9.04 Å². The highest BCUT2D eigenvalue weighted by molar-refractivity contribution is 7.24.